The maximum Gasteiger partial charge on any atom is 0.244 e. The molecule has 3 atom stereocenters. The van der Waals surface area contributed by atoms with Crippen molar-refractivity contribution in [3.05, 3.63) is 29.8 Å². The van der Waals surface area contributed by atoms with E-state index in [0.29, 0.717) is 5.92 Å². The summed E-state index contributed by atoms with van der Waals surface area (Å²) in [6.07, 6.45) is 3.79. The van der Waals surface area contributed by atoms with Gasteiger partial charge in [0, 0.05) is 12.2 Å². The minimum absolute atomic E-state index is 0.0305. The highest BCUT2D eigenvalue weighted by molar-refractivity contribution is 5.97. The Labute approximate surface area is 121 Å². The number of rotatable bonds is 3. The third-order valence-corrected chi connectivity index (χ3v) is 4.91. The van der Waals surface area contributed by atoms with E-state index >= 15 is 0 Å². The van der Waals surface area contributed by atoms with Crippen LogP contribution in [-0.2, 0) is 4.79 Å². The van der Waals surface area contributed by atoms with Crippen molar-refractivity contribution in [2.75, 3.05) is 18.0 Å². The maximum atomic E-state index is 12.9. The molecule has 1 N–H and O–H groups in total. The summed E-state index contributed by atoms with van der Waals surface area (Å²) < 4.78 is 0. The predicted octanol–water partition coefficient (Wildman–Crippen LogP) is 2.74. The molecule has 1 heterocycles. The van der Waals surface area contributed by atoms with Gasteiger partial charge in [-0.2, -0.15) is 0 Å². The molecule has 3 unspecified atom stereocenters. The Kier molecular flexibility index (Phi) is 3.79. The summed E-state index contributed by atoms with van der Waals surface area (Å²) in [6, 6.07) is 8.27. The Morgan fingerprint density at radius 1 is 1.40 bits per heavy atom. The zero-order valence-electron chi connectivity index (χ0n) is 12.4. The van der Waals surface area contributed by atoms with Crippen molar-refractivity contribution in [3.8, 4) is 0 Å². The van der Waals surface area contributed by atoms with Gasteiger partial charge in [-0.15, -0.1) is 0 Å². The highest BCUT2D eigenvalue weighted by atomic mass is 16.2. The summed E-state index contributed by atoms with van der Waals surface area (Å²) in [4.78, 5) is 14.8. The Bertz CT molecular complexity index is 500. The van der Waals surface area contributed by atoms with E-state index in [1.807, 2.05) is 17.0 Å². The Hall–Kier alpha value is -1.35. The monoisotopic (exact) mass is 272 g/mol. The first-order valence-corrected chi connectivity index (χ1v) is 7.82. The highest BCUT2D eigenvalue weighted by Crippen LogP contribution is 2.38. The third-order valence-electron chi connectivity index (χ3n) is 4.91. The van der Waals surface area contributed by atoms with E-state index in [1.165, 1.54) is 24.8 Å². The molecule has 3 rings (SSSR count). The van der Waals surface area contributed by atoms with Crippen LogP contribution in [0.2, 0.25) is 0 Å². The van der Waals surface area contributed by atoms with Gasteiger partial charge in [-0.05, 0) is 62.8 Å². The lowest BCUT2D eigenvalue weighted by molar-refractivity contribution is -0.121. The lowest BCUT2D eigenvalue weighted by atomic mass is 9.93. The fourth-order valence-electron chi connectivity index (χ4n) is 3.89. The summed E-state index contributed by atoms with van der Waals surface area (Å²) in [7, 11) is 0. The number of hydrogen-bond acceptors (Lipinski definition) is 2. The van der Waals surface area contributed by atoms with Crippen molar-refractivity contribution in [2.24, 2.45) is 11.8 Å². The van der Waals surface area contributed by atoms with Gasteiger partial charge in [0.25, 0.3) is 0 Å². The number of carbonyl (C=O) groups excluding carboxylic acids is 1. The normalized spacial score (nSPS) is 28.4. The molecule has 0 bridgehead atoms. The summed E-state index contributed by atoms with van der Waals surface area (Å²) in [5.74, 6) is 1.54. The molecule has 0 radical (unpaired) electrons. The van der Waals surface area contributed by atoms with E-state index in [4.69, 9.17) is 0 Å². The second-order valence-corrected chi connectivity index (χ2v) is 6.16. The second-order valence-electron chi connectivity index (χ2n) is 6.16. The number of fused-ring (bicyclic) bond motifs is 1. The molecule has 1 saturated carbocycles. The number of likely N-dealkylation sites (N-methyl/N-ethyl adjacent to an activating group) is 1. The molecule has 2 aliphatic rings. The standard InChI is InChI=1S/C17H24N2O/c1-3-19(14-8-4-6-12(2)10-14)17(20)16-15-9-5-7-13(15)11-18-16/h4,6,8,10,13,15-16,18H,3,5,7,9,11H2,1-2H3. The number of hydrogen-bond donors (Lipinski definition) is 1. The van der Waals surface area contributed by atoms with E-state index in [2.05, 4.69) is 31.3 Å². The lowest BCUT2D eigenvalue weighted by Crippen LogP contribution is -2.46. The lowest BCUT2D eigenvalue weighted by Gasteiger charge is -2.27. The Morgan fingerprint density at radius 3 is 3.00 bits per heavy atom. The first kappa shape index (κ1) is 13.6. The molecule has 1 aromatic carbocycles. The molecule has 1 saturated heterocycles. The molecule has 0 spiro atoms. The van der Waals surface area contributed by atoms with Gasteiger partial charge in [0.05, 0.1) is 6.04 Å². The number of carbonyl (C=O) groups is 1. The van der Waals surface area contributed by atoms with Gasteiger partial charge in [0.1, 0.15) is 0 Å². The number of nitrogens with zero attached hydrogens (tertiary/aromatic N) is 1. The molecule has 1 aliphatic heterocycles. The van der Waals surface area contributed by atoms with Crippen molar-refractivity contribution in [1.82, 2.24) is 5.32 Å². The molecule has 1 aromatic rings. The highest BCUT2D eigenvalue weighted by Gasteiger charge is 2.43. The zero-order valence-corrected chi connectivity index (χ0v) is 12.4. The molecule has 108 valence electrons. The minimum atomic E-state index is 0.0305. The molecule has 3 heteroatoms. The molecule has 1 aliphatic carbocycles. The number of amides is 1. The third kappa shape index (κ3) is 2.35. The van der Waals surface area contributed by atoms with Crippen molar-refractivity contribution < 1.29 is 4.79 Å². The van der Waals surface area contributed by atoms with Gasteiger partial charge < -0.3 is 10.2 Å². The summed E-state index contributed by atoms with van der Waals surface area (Å²) in [5, 5.41) is 3.47. The average molecular weight is 272 g/mol. The van der Waals surface area contributed by atoms with Crippen LogP contribution in [0.3, 0.4) is 0 Å². The smallest absolute Gasteiger partial charge is 0.244 e. The molecule has 20 heavy (non-hydrogen) atoms. The van der Waals surface area contributed by atoms with Crippen molar-refractivity contribution >= 4 is 11.6 Å². The second kappa shape index (κ2) is 5.57. The minimum Gasteiger partial charge on any atom is -0.311 e. The number of anilines is 1. The van der Waals surface area contributed by atoms with Crippen LogP contribution in [0.25, 0.3) is 0 Å². The van der Waals surface area contributed by atoms with Crippen molar-refractivity contribution in [2.45, 2.75) is 39.2 Å². The summed E-state index contributed by atoms with van der Waals surface area (Å²) in [6.45, 7) is 5.88. The predicted molar refractivity (Wildman–Crippen MR) is 81.8 cm³/mol. The molecular weight excluding hydrogens is 248 g/mol. The van der Waals surface area contributed by atoms with Gasteiger partial charge in [-0.25, -0.2) is 0 Å². The quantitative estimate of drug-likeness (QED) is 0.917. The van der Waals surface area contributed by atoms with Gasteiger partial charge in [-0.1, -0.05) is 18.6 Å². The van der Waals surface area contributed by atoms with E-state index in [9.17, 15) is 4.79 Å². The Morgan fingerprint density at radius 2 is 2.25 bits per heavy atom. The molecule has 1 amide bonds. The average Bonchev–Trinajstić information content (AvgIpc) is 3.01. The van der Waals surface area contributed by atoms with Gasteiger partial charge in [0.2, 0.25) is 5.91 Å². The first-order valence-electron chi connectivity index (χ1n) is 7.82. The van der Waals surface area contributed by atoms with Crippen LogP contribution in [0, 0.1) is 18.8 Å². The summed E-state index contributed by atoms with van der Waals surface area (Å²) >= 11 is 0. The van der Waals surface area contributed by atoms with E-state index in [-0.39, 0.29) is 11.9 Å². The zero-order chi connectivity index (χ0) is 14.1. The fraction of sp³-hybridized carbons (Fsp3) is 0.588. The SMILES string of the molecule is CCN(C(=O)C1NCC2CCCC21)c1cccc(C)c1. The number of aryl methyl sites for hydroxylation is 1. The van der Waals surface area contributed by atoms with Crippen LogP contribution in [0.5, 0.6) is 0 Å². The fourth-order valence-corrected chi connectivity index (χ4v) is 3.89. The molecule has 3 nitrogen and oxygen atoms in total. The van der Waals surface area contributed by atoms with Gasteiger partial charge in [-0.3, -0.25) is 4.79 Å². The van der Waals surface area contributed by atoms with Crippen LogP contribution in [0.1, 0.15) is 31.7 Å². The van der Waals surface area contributed by atoms with E-state index < -0.39 is 0 Å². The molecule has 0 aromatic heterocycles. The number of benzene rings is 1. The Balaban J connectivity index is 1.81. The van der Waals surface area contributed by atoms with Crippen LogP contribution >= 0.6 is 0 Å². The molecule has 2 fully saturated rings. The van der Waals surface area contributed by atoms with Crippen LogP contribution in [-0.4, -0.2) is 25.0 Å². The number of nitrogens with one attached hydrogen (secondary N) is 1. The van der Waals surface area contributed by atoms with E-state index in [0.717, 1.165) is 24.7 Å². The van der Waals surface area contributed by atoms with Gasteiger partial charge >= 0.3 is 0 Å². The van der Waals surface area contributed by atoms with Crippen LogP contribution < -0.4 is 10.2 Å². The van der Waals surface area contributed by atoms with Crippen molar-refractivity contribution in [3.63, 3.8) is 0 Å². The summed E-state index contributed by atoms with van der Waals surface area (Å²) in [5.41, 5.74) is 2.23. The molecular formula is C17H24N2O. The largest absolute Gasteiger partial charge is 0.311 e. The van der Waals surface area contributed by atoms with E-state index in [1.54, 1.807) is 0 Å². The van der Waals surface area contributed by atoms with Crippen LogP contribution in [0.15, 0.2) is 24.3 Å². The maximum absolute atomic E-state index is 12.9. The van der Waals surface area contributed by atoms with Crippen molar-refractivity contribution in [1.29, 1.82) is 0 Å². The van der Waals surface area contributed by atoms with Gasteiger partial charge in [0.15, 0.2) is 0 Å². The first-order chi connectivity index (χ1) is 9.70. The topological polar surface area (TPSA) is 32.3 Å². The van der Waals surface area contributed by atoms with Crippen LogP contribution in [0.4, 0.5) is 5.69 Å².